The van der Waals surface area contributed by atoms with Crippen LogP contribution in [0.25, 0.3) is 0 Å². The molecule has 0 spiro atoms. The fourth-order valence-electron chi connectivity index (χ4n) is 6.32. The van der Waals surface area contributed by atoms with Crippen molar-refractivity contribution in [2.75, 3.05) is 33.4 Å². The number of phosphoric ester groups is 1. The Hall–Kier alpha value is -2.03. The zero-order valence-corrected chi connectivity index (χ0v) is 38.4. The van der Waals surface area contributed by atoms with E-state index in [1.54, 1.807) is 7.05 Å². The molecule has 9 nitrogen and oxygen atoms in total. The highest BCUT2D eigenvalue weighted by atomic mass is 31.2. The smallest absolute Gasteiger partial charge is 0.462 e. The van der Waals surface area contributed by atoms with E-state index >= 15 is 0 Å². The fourth-order valence-corrected chi connectivity index (χ4v) is 7.07. The Kier molecular flexibility index (Phi) is 43.0. The van der Waals surface area contributed by atoms with Crippen LogP contribution < -0.4 is 5.32 Å². The topological polar surface area (TPSA) is 120 Å². The summed E-state index contributed by atoms with van der Waals surface area (Å²) in [4.78, 5) is 35.2. The molecule has 2 unspecified atom stereocenters. The number of likely N-dealkylation sites (N-methyl/N-ethyl adjacent to an activating group) is 1. The van der Waals surface area contributed by atoms with Gasteiger partial charge >= 0.3 is 19.8 Å². The van der Waals surface area contributed by atoms with Crippen molar-refractivity contribution in [3.8, 4) is 0 Å². The first-order valence-corrected chi connectivity index (χ1v) is 25.1. The number of rotatable bonds is 44. The van der Waals surface area contributed by atoms with E-state index in [2.05, 4.69) is 67.8 Å². The summed E-state index contributed by atoms with van der Waals surface area (Å²) in [7, 11) is -2.66. The van der Waals surface area contributed by atoms with Crippen LogP contribution in [-0.4, -0.2) is 56.3 Å². The maximum Gasteiger partial charge on any atom is 0.472 e. The lowest BCUT2D eigenvalue weighted by Gasteiger charge is -2.20. The third-order valence-electron chi connectivity index (χ3n) is 9.92. The Bertz CT molecular complexity index is 1090. The van der Waals surface area contributed by atoms with Crippen molar-refractivity contribution in [1.82, 2.24) is 5.32 Å². The Balaban J connectivity index is 4.19. The molecule has 2 N–H and O–H groups in total. The molecule has 58 heavy (non-hydrogen) atoms. The second-order valence-corrected chi connectivity index (χ2v) is 17.0. The highest BCUT2D eigenvalue weighted by Crippen LogP contribution is 2.43. The van der Waals surface area contributed by atoms with Crippen molar-refractivity contribution in [2.24, 2.45) is 0 Å². The van der Waals surface area contributed by atoms with E-state index in [1.165, 1.54) is 103 Å². The van der Waals surface area contributed by atoms with Gasteiger partial charge in [0.25, 0.3) is 0 Å². The summed E-state index contributed by atoms with van der Waals surface area (Å²) in [6, 6.07) is 0. The van der Waals surface area contributed by atoms with Gasteiger partial charge < -0.3 is 19.7 Å². The first-order valence-electron chi connectivity index (χ1n) is 23.6. The summed E-state index contributed by atoms with van der Waals surface area (Å²) in [5, 5.41) is 2.83. The molecule has 0 aliphatic carbocycles. The number of carbonyl (C=O) groups excluding carboxylic acids is 2. The van der Waals surface area contributed by atoms with Crippen LogP contribution in [0.15, 0.2) is 48.6 Å². The van der Waals surface area contributed by atoms with E-state index in [0.717, 1.165) is 70.6 Å². The number of hydrogen-bond acceptors (Lipinski definition) is 8. The predicted octanol–water partition coefficient (Wildman–Crippen LogP) is 13.8. The van der Waals surface area contributed by atoms with Gasteiger partial charge in [0.1, 0.15) is 6.61 Å². The van der Waals surface area contributed by atoms with Gasteiger partial charge in [-0.25, -0.2) is 4.57 Å². The first kappa shape index (κ1) is 56.0. The molecule has 0 aromatic carbocycles. The molecule has 0 fully saturated rings. The summed E-state index contributed by atoms with van der Waals surface area (Å²) in [6.07, 6.45) is 50.0. The van der Waals surface area contributed by atoms with E-state index in [0.29, 0.717) is 13.0 Å². The second-order valence-electron chi connectivity index (χ2n) is 15.6. The molecular formula is C48H88NO8P. The number of phosphoric acid groups is 1. The SMILES string of the molecule is CCCCC/C=C\C/C=C\CCCCCCCCCCCC(=O)OC(COC(=O)CCCCCCCCC/C=C\C/C=C\CCCCC)COP(=O)(O)OCCNC. The Morgan fingerprint density at radius 3 is 1.36 bits per heavy atom. The molecule has 0 radical (unpaired) electrons. The molecule has 0 bridgehead atoms. The van der Waals surface area contributed by atoms with Gasteiger partial charge in [-0.1, -0.05) is 165 Å². The quantitative estimate of drug-likeness (QED) is 0.0267. The van der Waals surface area contributed by atoms with E-state index in [4.69, 9.17) is 18.5 Å². The van der Waals surface area contributed by atoms with Crippen LogP contribution in [0, 0.1) is 0 Å². The Labute approximate surface area is 356 Å². The van der Waals surface area contributed by atoms with Crippen molar-refractivity contribution < 1.29 is 37.6 Å². The zero-order chi connectivity index (χ0) is 42.5. The maximum absolute atomic E-state index is 12.7. The summed E-state index contributed by atoms with van der Waals surface area (Å²) < 4.78 is 33.3. The third kappa shape index (κ3) is 43.5. The lowest BCUT2D eigenvalue weighted by atomic mass is 10.1. The molecule has 0 rings (SSSR count). The zero-order valence-electron chi connectivity index (χ0n) is 37.5. The lowest BCUT2D eigenvalue weighted by molar-refractivity contribution is -0.161. The molecule has 338 valence electrons. The minimum Gasteiger partial charge on any atom is -0.462 e. The summed E-state index contributed by atoms with van der Waals surface area (Å²) in [5.74, 6) is -0.818. The van der Waals surface area contributed by atoms with Crippen LogP contribution in [0.1, 0.15) is 206 Å². The monoisotopic (exact) mass is 838 g/mol. The molecule has 0 amide bonds. The van der Waals surface area contributed by atoms with Gasteiger partial charge in [-0.2, -0.15) is 0 Å². The van der Waals surface area contributed by atoms with Crippen molar-refractivity contribution >= 4 is 19.8 Å². The van der Waals surface area contributed by atoms with Crippen LogP contribution in [0.5, 0.6) is 0 Å². The predicted molar refractivity (Wildman–Crippen MR) is 243 cm³/mol. The summed E-state index contributed by atoms with van der Waals surface area (Å²) in [6.45, 7) is 4.17. The molecule has 0 aliphatic heterocycles. The average Bonchev–Trinajstić information content (AvgIpc) is 3.21. The van der Waals surface area contributed by atoms with Gasteiger partial charge in [0.15, 0.2) is 6.10 Å². The number of nitrogens with one attached hydrogen (secondary N) is 1. The number of carbonyl (C=O) groups is 2. The molecule has 0 aromatic heterocycles. The normalized spacial score (nSPS) is 13.7. The third-order valence-corrected chi connectivity index (χ3v) is 10.9. The number of ether oxygens (including phenoxy) is 2. The minimum atomic E-state index is -4.36. The van der Waals surface area contributed by atoms with Crippen LogP contribution in [0.3, 0.4) is 0 Å². The van der Waals surface area contributed by atoms with E-state index in [9.17, 15) is 19.0 Å². The molecule has 10 heteroatoms. The van der Waals surface area contributed by atoms with Crippen LogP contribution in [-0.2, 0) is 32.7 Å². The average molecular weight is 838 g/mol. The van der Waals surface area contributed by atoms with Crippen molar-refractivity contribution in [2.45, 2.75) is 213 Å². The van der Waals surface area contributed by atoms with Gasteiger partial charge in [-0.15, -0.1) is 0 Å². The molecule has 0 saturated heterocycles. The molecule has 0 heterocycles. The van der Waals surface area contributed by atoms with Gasteiger partial charge in [-0.3, -0.25) is 18.6 Å². The number of allylic oxidation sites excluding steroid dienone is 8. The van der Waals surface area contributed by atoms with Crippen molar-refractivity contribution in [3.05, 3.63) is 48.6 Å². The lowest BCUT2D eigenvalue weighted by Crippen LogP contribution is -2.29. The molecule has 0 aliphatic rings. The standard InChI is InChI=1S/C48H88NO8P/c1-4-6-8-10-12-14-16-18-20-22-23-25-27-29-31-33-35-37-39-41-48(51)57-46(45-56-58(52,53)55-43-42-49-3)44-54-47(50)40-38-36-34-32-30-28-26-24-21-19-17-15-13-11-9-7-5-2/h12-15,18-21,46,49H,4-11,16-17,22-45H2,1-3H3,(H,52,53)/b14-12-,15-13-,20-18-,21-19-. The van der Waals surface area contributed by atoms with E-state index < -0.39 is 26.5 Å². The largest absolute Gasteiger partial charge is 0.472 e. The highest BCUT2D eigenvalue weighted by molar-refractivity contribution is 7.47. The molecule has 0 saturated carbocycles. The van der Waals surface area contributed by atoms with Gasteiger partial charge in [0.2, 0.25) is 0 Å². The van der Waals surface area contributed by atoms with Gasteiger partial charge in [0, 0.05) is 19.4 Å². The van der Waals surface area contributed by atoms with E-state index in [1.807, 2.05) is 0 Å². The van der Waals surface area contributed by atoms with Crippen LogP contribution in [0.2, 0.25) is 0 Å². The van der Waals surface area contributed by atoms with Crippen LogP contribution in [0.4, 0.5) is 0 Å². The molecule has 2 atom stereocenters. The van der Waals surface area contributed by atoms with Crippen molar-refractivity contribution in [3.63, 3.8) is 0 Å². The van der Waals surface area contributed by atoms with Gasteiger partial charge in [0.05, 0.1) is 13.2 Å². The van der Waals surface area contributed by atoms with Crippen LogP contribution >= 0.6 is 7.82 Å². The highest BCUT2D eigenvalue weighted by Gasteiger charge is 2.26. The minimum absolute atomic E-state index is 0.0202. The van der Waals surface area contributed by atoms with Gasteiger partial charge in [-0.05, 0) is 84.1 Å². The maximum atomic E-state index is 12.7. The van der Waals surface area contributed by atoms with Crippen molar-refractivity contribution in [1.29, 1.82) is 0 Å². The Morgan fingerprint density at radius 1 is 0.534 bits per heavy atom. The number of unbranched alkanes of at least 4 members (excludes halogenated alkanes) is 22. The number of hydrogen-bond donors (Lipinski definition) is 2. The molecule has 0 aromatic rings. The summed E-state index contributed by atoms with van der Waals surface area (Å²) in [5.41, 5.74) is 0. The fraction of sp³-hybridized carbons (Fsp3) is 0.792. The number of esters is 2. The summed E-state index contributed by atoms with van der Waals surface area (Å²) >= 11 is 0. The van der Waals surface area contributed by atoms with E-state index in [-0.39, 0.29) is 32.0 Å². The second kappa shape index (κ2) is 44.5. The molecular weight excluding hydrogens is 750 g/mol. The Morgan fingerprint density at radius 2 is 0.931 bits per heavy atom. The first-order chi connectivity index (χ1) is 28.3.